The minimum atomic E-state index is -0.837. The highest BCUT2D eigenvalue weighted by Gasteiger charge is 2.35. The Morgan fingerprint density at radius 3 is 2.43 bits per heavy atom. The van der Waals surface area contributed by atoms with Crippen molar-refractivity contribution in [1.82, 2.24) is 10.2 Å². The quantitative estimate of drug-likeness (QED) is 0.182. The maximum absolute atomic E-state index is 12.2. The maximum Gasteiger partial charge on any atom is 0.303 e. The summed E-state index contributed by atoms with van der Waals surface area (Å²) in [4.78, 5) is 25.4. The van der Waals surface area contributed by atoms with E-state index in [1.165, 1.54) is 0 Å². The van der Waals surface area contributed by atoms with Crippen molar-refractivity contribution in [1.29, 1.82) is 0 Å². The first kappa shape index (κ1) is 33.8. The summed E-state index contributed by atoms with van der Waals surface area (Å²) in [6.07, 6.45) is 3.84. The second kappa shape index (κ2) is 16.8. The van der Waals surface area contributed by atoms with Gasteiger partial charge in [-0.15, -0.1) is 0 Å². The fourth-order valence-corrected chi connectivity index (χ4v) is 6.36. The predicted octanol–water partition coefficient (Wildman–Crippen LogP) is 5.76. The van der Waals surface area contributed by atoms with E-state index >= 15 is 0 Å². The van der Waals surface area contributed by atoms with E-state index in [0.29, 0.717) is 31.8 Å². The molecule has 2 heterocycles. The van der Waals surface area contributed by atoms with Gasteiger partial charge in [0.15, 0.2) is 6.29 Å². The third-order valence-corrected chi connectivity index (χ3v) is 8.89. The number of rotatable bonds is 15. The normalized spacial score (nSPS) is 21.7. The molecule has 3 aromatic rings. The molecule has 0 unspecified atom stereocenters. The number of likely N-dealkylation sites (tertiary alicyclic amines) is 1. The van der Waals surface area contributed by atoms with Crippen LogP contribution >= 0.6 is 0 Å². The summed E-state index contributed by atoms with van der Waals surface area (Å²) in [5.41, 5.74) is 5.99. The van der Waals surface area contributed by atoms with Gasteiger partial charge in [0.2, 0.25) is 5.91 Å². The Bertz CT molecular complexity index is 1410. The van der Waals surface area contributed by atoms with Gasteiger partial charge < -0.3 is 29.7 Å². The van der Waals surface area contributed by atoms with Gasteiger partial charge in [-0.2, -0.15) is 0 Å². The number of nitrogens with zero attached hydrogens (tertiary/aromatic N) is 1. The molecule has 3 N–H and O–H groups in total. The Hall–Kier alpha value is -3.60. The number of hydrogen-bond acceptors (Lipinski definition) is 7. The number of carboxylic acids is 1. The summed E-state index contributed by atoms with van der Waals surface area (Å²) in [5, 5.41) is 21.2. The van der Waals surface area contributed by atoms with Crippen LogP contribution in [-0.2, 0) is 37.0 Å². The van der Waals surface area contributed by atoms with Crippen LogP contribution in [0.3, 0.4) is 0 Å². The van der Waals surface area contributed by atoms with E-state index < -0.39 is 12.3 Å². The second-order valence-electron chi connectivity index (χ2n) is 12.3. The van der Waals surface area contributed by atoms with Gasteiger partial charge in [-0.3, -0.25) is 14.5 Å². The van der Waals surface area contributed by atoms with Crippen LogP contribution < -0.4 is 5.32 Å². The van der Waals surface area contributed by atoms with Gasteiger partial charge in [0.1, 0.15) is 0 Å². The zero-order valence-corrected chi connectivity index (χ0v) is 26.6. The lowest BCUT2D eigenvalue weighted by molar-refractivity contribution is -0.253. The van der Waals surface area contributed by atoms with Crippen LogP contribution in [-0.4, -0.2) is 65.9 Å². The number of aliphatic hydroxyl groups excluding tert-OH is 1. The third-order valence-electron chi connectivity index (χ3n) is 8.89. The van der Waals surface area contributed by atoms with Crippen molar-refractivity contribution in [3.63, 3.8) is 0 Å². The van der Waals surface area contributed by atoms with Gasteiger partial charge in [0.05, 0.1) is 25.4 Å². The molecule has 9 heteroatoms. The molecule has 2 aliphatic rings. The van der Waals surface area contributed by atoms with Crippen molar-refractivity contribution in [3.05, 3.63) is 95.1 Å². The van der Waals surface area contributed by atoms with E-state index in [-0.39, 0.29) is 31.1 Å². The number of benzene rings is 3. The molecule has 246 valence electrons. The maximum atomic E-state index is 12.2. The zero-order chi connectivity index (χ0) is 32.3. The number of hydrogen-bond donors (Lipinski definition) is 3. The van der Waals surface area contributed by atoms with E-state index in [0.717, 1.165) is 72.3 Å². The number of amides is 1. The summed E-state index contributed by atoms with van der Waals surface area (Å²) in [7, 11) is 1.76. The molecule has 2 aliphatic heterocycles. The van der Waals surface area contributed by atoms with Crippen LogP contribution in [0.4, 0.5) is 0 Å². The molecule has 4 atom stereocenters. The third kappa shape index (κ3) is 9.47. The van der Waals surface area contributed by atoms with Gasteiger partial charge >= 0.3 is 5.97 Å². The van der Waals surface area contributed by atoms with Crippen molar-refractivity contribution in [2.24, 2.45) is 0 Å². The van der Waals surface area contributed by atoms with E-state index in [2.05, 4.69) is 46.6 Å². The average molecular weight is 631 g/mol. The van der Waals surface area contributed by atoms with Crippen molar-refractivity contribution < 1.29 is 34.0 Å². The Morgan fingerprint density at radius 1 is 0.935 bits per heavy atom. The lowest BCUT2D eigenvalue weighted by Crippen LogP contribution is -2.42. The number of carboxylic acid groups (broad SMARTS) is 1. The van der Waals surface area contributed by atoms with Crippen molar-refractivity contribution >= 4 is 11.9 Å². The highest BCUT2D eigenvalue weighted by Crippen LogP contribution is 2.39. The van der Waals surface area contributed by atoms with Crippen LogP contribution in [0.5, 0.6) is 0 Å². The smallest absolute Gasteiger partial charge is 0.303 e. The summed E-state index contributed by atoms with van der Waals surface area (Å²) in [6.45, 7) is 3.01. The minimum absolute atomic E-state index is 0.0100. The Kier molecular flexibility index (Phi) is 12.3. The predicted molar refractivity (Wildman–Crippen MR) is 175 cm³/mol. The lowest BCUT2D eigenvalue weighted by atomic mass is 9.98. The average Bonchev–Trinajstić information content (AvgIpc) is 3.52. The fourth-order valence-electron chi connectivity index (χ4n) is 6.36. The minimum Gasteiger partial charge on any atom is -0.481 e. The highest BCUT2D eigenvalue weighted by atomic mass is 16.7. The summed E-state index contributed by atoms with van der Waals surface area (Å²) in [5.74, 6) is -0.913. The first-order chi connectivity index (χ1) is 22.4. The van der Waals surface area contributed by atoms with Gasteiger partial charge in [-0.05, 0) is 66.1 Å². The zero-order valence-electron chi connectivity index (χ0n) is 26.6. The van der Waals surface area contributed by atoms with Crippen LogP contribution in [0, 0.1) is 0 Å². The number of aliphatic carboxylic acids is 1. The molecular formula is C37H46N2O7. The van der Waals surface area contributed by atoms with Crippen LogP contribution in [0.15, 0.2) is 72.8 Å². The number of aliphatic hydroxyl groups is 1. The van der Waals surface area contributed by atoms with Crippen molar-refractivity contribution in [2.45, 2.75) is 82.6 Å². The Morgan fingerprint density at radius 2 is 1.70 bits per heavy atom. The lowest BCUT2D eigenvalue weighted by Gasteiger charge is -2.38. The molecule has 0 spiro atoms. The number of ether oxygens (including phenoxy) is 3. The number of carbonyl (C=O) groups excluding carboxylic acids is 1. The van der Waals surface area contributed by atoms with Crippen molar-refractivity contribution in [2.75, 3.05) is 26.8 Å². The highest BCUT2D eigenvalue weighted by molar-refractivity contribution is 5.76. The number of carbonyl (C=O) groups is 2. The summed E-state index contributed by atoms with van der Waals surface area (Å²) in [6, 6.07) is 24.7. The van der Waals surface area contributed by atoms with Crippen LogP contribution in [0.25, 0.3) is 11.1 Å². The monoisotopic (exact) mass is 630 g/mol. The number of unbranched alkanes of at least 4 members (excludes halogenated alkanes) is 1. The van der Waals surface area contributed by atoms with Gasteiger partial charge in [-0.25, -0.2) is 0 Å². The molecule has 0 aromatic heterocycles. The largest absolute Gasteiger partial charge is 0.481 e. The molecule has 1 amide bonds. The molecule has 0 saturated carbocycles. The SMILES string of the molecule is COC[C@@H]1CCCN1C[C@H]1C[C@@H](c2ccc(CO)cc2)O[C@@H](c2ccc(-c3cccc(CNC(=O)CCCCC(=O)O)c3)cc2)O1. The standard InChI is InChI=1S/C37H46N2O7/c1-44-25-32-8-5-19-39(32)23-33-21-34(29-13-11-26(24-40)12-14-29)46-37(45-33)30-17-15-28(16-18-30)31-7-4-6-27(20-31)22-38-35(41)9-2-3-10-36(42)43/h4,6-7,11-18,20,32-34,37,40H,2-3,5,8-10,19,21-25H2,1H3,(H,38,41)(H,42,43)/t32-,33+,34-,37-/m0/s1. The molecular weight excluding hydrogens is 584 g/mol. The number of nitrogens with one attached hydrogen (secondary N) is 1. The molecule has 5 rings (SSSR count). The van der Waals surface area contributed by atoms with E-state index in [1.807, 2.05) is 36.4 Å². The molecule has 0 bridgehead atoms. The first-order valence-corrected chi connectivity index (χ1v) is 16.3. The summed E-state index contributed by atoms with van der Waals surface area (Å²) < 4.78 is 18.7. The molecule has 2 saturated heterocycles. The second-order valence-corrected chi connectivity index (χ2v) is 12.3. The Labute approximate surface area is 271 Å². The van der Waals surface area contributed by atoms with Crippen LogP contribution in [0.1, 0.15) is 79.6 Å². The van der Waals surface area contributed by atoms with E-state index in [1.54, 1.807) is 7.11 Å². The number of methoxy groups -OCH3 is 1. The Balaban J connectivity index is 1.25. The van der Waals surface area contributed by atoms with Gasteiger partial charge in [0, 0.05) is 51.1 Å². The molecule has 0 aliphatic carbocycles. The molecule has 0 radical (unpaired) electrons. The van der Waals surface area contributed by atoms with Crippen molar-refractivity contribution in [3.8, 4) is 11.1 Å². The molecule has 46 heavy (non-hydrogen) atoms. The van der Waals surface area contributed by atoms with Crippen LogP contribution in [0.2, 0.25) is 0 Å². The molecule has 9 nitrogen and oxygen atoms in total. The van der Waals surface area contributed by atoms with Gasteiger partial charge in [0.25, 0.3) is 0 Å². The van der Waals surface area contributed by atoms with Gasteiger partial charge in [-0.1, -0.05) is 66.7 Å². The topological polar surface area (TPSA) is 118 Å². The first-order valence-electron chi connectivity index (χ1n) is 16.3. The summed E-state index contributed by atoms with van der Waals surface area (Å²) >= 11 is 0. The molecule has 3 aromatic carbocycles. The molecule has 2 fully saturated rings. The van der Waals surface area contributed by atoms with E-state index in [9.17, 15) is 14.7 Å². The van der Waals surface area contributed by atoms with E-state index in [4.69, 9.17) is 19.3 Å². The fraction of sp³-hybridized carbons (Fsp3) is 0.459.